The monoisotopic (exact) mass is 458 g/mol. The van der Waals surface area contributed by atoms with Crippen molar-refractivity contribution in [2.24, 2.45) is 0 Å². The van der Waals surface area contributed by atoms with E-state index in [0.29, 0.717) is 9.92 Å². The molecule has 0 aliphatic carbocycles. The molecule has 0 bridgehead atoms. The van der Waals surface area contributed by atoms with Crippen molar-refractivity contribution in [1.29, 1.82) is 0 Å². The summed E-state index contributed by atoms with van der Waals surface area (Å²) in [6, 6.07) is 19.3. The van der Waals surface area contributed by atoms with Crippen LogP contribution < -0.4 is 10.2 Å². The Bertz CT molecular complexity index is 1180. The Balaban J connectivity index is 1.78. The molecule has 30 heavy (non-hydrogen) atoms. The van der Waals surface area contributed by atoms with E-state index in [2.05, 4.69) is 5.32 Å². The molecule has 1 aliphatic rings. The number of rotatable bonds is 5. The molecular formula is C22H13Cl2FN2O2S. The van der Waals surface area contributed by atoms with Crippen LogP contribution in [0.4, 0.5) is 15.8 Å². The summed E-state index contributed by atoms with van der Waals surface area (Å²) in [6.45, 7) is 0. The number of hydrogen-bond acceptors (Lipinski definition) is 4. The van der Waals surface area contributed by atoms with Gasteiger partial charge in [-0.05, 0) is 48.5 Å². The van der Waals surface area contributed by atoms with Gasteiger partial charge in [0.05, 0.1) is 16.4 Å². The minimum absolute atomic E-state index is 0.0232. The van der Waals surface area contributed by atoms with Gasteiger partial charge in [-0.3, -0.25) is 9.59 Å². The van der Waals surface area contributed by atoms with Crippen molar-refractivity contribution < 1.29 is 14.0 Å². The lowest BCUT2D eigenvalue weighted by atomic mass is 10.2. The molecule has 0 unspecified atom stereocenters. The molecule has 0 atom stereocenters. The van der Waals surface area contributed by atoms with Crippen LogP contribution in [0.25, 0.3) is 0 Å². The normalized spacial score (nSPS) is 13.9. The van der Waals surface area contributed by atoms with Gasteiger partial charge in [-0.1, -0.05) is 59.2 Å². The predicted molar refractivity (Wildman–Crippen MR) is 118 cm³/mol. The lowest BCUT2D eigenvalue weighted by molar-refractivity contribution is -0.120. The van der Waals surface area contributed by atoms with Gasteiger partial charge in [-0.2, -0.15) is 0 Å². The van der Waals surface area contributed by atoms with Gasteiger partial charge in [-0.25, -0.2) is 9.29 Å². The maximum Gasteiger partial charge on any atom is 0.283 e. The number of nitrogens with one attached hydrogen (secondary N) is 1. The molecule has 3 aromatic rings. The molecule has 0 aromatic heterocycles. The Hall–Kier alpha value is -2.80. The largest absolute Gasteiger partial charge is 0.348 e. The Morgan fingerprint density at radius 3 is 2.20 bits per heavy atom. The van der Waals surface area contributed by atoms with Gasteiger partial charge in [0.2, 0.25) is 0 Å². The van der Waals surface area contributed by atoms with Crippen LogP contribution in [-0.2, 0) is 9.59 Å². The molecule has 0 fully saturated rings. The van der Waals surface area contributed by atoms with Gasteiger partial charge in [0.25, 0.3) is 11.8 Å². The van der Waals surface area contributed by atoms with Crippen LogP contribution >= 0.6 is 35.0 Å². The number of amides is 2. The van der Waals surface area contributed by atoms with Crippen LogP contribution in [-0.4, -0.2) is 11.8 Å². The number of imide groups is 1. The number of halogens is 3. The van der Waals surface area contributed by atoms with Crippen LogP contribution in [0.2, 0.25) is 10.0 Å². The van der Waals surface area contributed by atoms with E-state index < -0.39 is 17.6 Å². The maximum absolute atomic E-state index is 14.2. The van der Waals surface area contributed by atoms with E-state index in [0.717, 1.165) is 16.7 Å². The van der Waals surface area contributed by atoms with Gasteiger partial charge >= 0.3 is 0 Å². The maximum atomic E-state index is 14.2. The molecule has 150 valence electrons. The second kappa shape index (κ2) is 8.52. The van der Waals surface area contributed by atoms with E-state index in [-0.39, 0.29) is 27.0 Å². The fraction of sp³-hybridized carbons (Fsp3) is 0. The molecule has 1 heterocycles. The zero-order chi connectivity index (χ0) is 21.3. The fourth-order valence-electron chi connectivity index (χ4n) is 2.88. The van der Waals surface area contributed by atoms with Gasteiger partial charge in [0.1, 0.15) is 16.4 Å². The first-order valence-electron chi connectivity index (χ1n) is 8.78. The summed E-state index contributed by atoms with van der Waals surface area (Å²) in [5, 5.41) is 3.59. The zero-order valence-corrected chi connectivity index (χ0v) is 17.6. The number of hydrogen-bond donors (Lipinski definition) is 1. The summed E-state index contributed by atoms with van der Waals surface area (Å²) in [7, 11) is 0. The smallest absolute Gasteiger partial charge is 0.283 e. The van der Waals surface area contributed by atoms with Crippen molar-refractivity contribution in [3.8, 4) is 0 Å². The van der Waals surface area contributed by atoms with Crippen molar-refractivity contribution in [1.82, 2.24) is 0 Å². The molecule has 8 heteroatoms. The Morgan fingerprint density at radius 1 is 0.833 bits per heavy atom. The summed E-state index contributed by atoms with van der Waals surface area (Å²) in [5.74, 6) is -1.71. The second-order valence-corrected chi connectivity index (χ2v) is 8.19. The van der Waals surface area contributed by atoms with E-state index in [1.807, 2.05) is 0 Å². The second-order valence-electron chi connectivity index (χ2n) is 6.26. The Kier molecular flexibility index (Phi) is 5.81. The lowest BCUT2D eigenvalue weighted by Gasteiger charge is -2.16. The van der Waals surface area contributed by atoms with Crippen molar-refractivity contribution in [3.05, 3.63) is 99.3 Å². The third-order valence-corrected chi connectivity index (χ3v) is 5.96. The van der Waals surface area contributed by atoms with Gasteiger partial charge in [0.15, 0.2) is 0 Å². The van der Waals surface area contributed by atoms with E-state index in [1.165, 1.54) is 18.2 Å². The highest BCUT2D eigenvalue weighted by molar-refractivity contribution is 8.04. The number of benzene rings is 3. The SMILES string of the molecule is O=C1C(Nc2ccccc2F)=C(Sc2ccc(Cl)cc2)C(=O)N1c1ccccc1Cl. The number of nitrogens with zero attached hydrogens (tertiary/aromatic N) is 1. The first kappa shape index (κ1) is 20.5. The molecule has 2 amide bonds. The first-order valence-corrected chi connectivity index (χ1v) is 10.4. The molecule has 1 N–H and O–H groups in total. The Labute approximate surface area is 186 Å². The van der Waals surface area contributed by atoms with Gasteiger partial charge < -0.3 is 5.32 Å². The fourth-order valence-corrected chi connectivity index (χ4v) is 4.16. The summed E-state index contributed by atoms with van der Waals surface area (Å²) in [4.78, 5) is 28.3. The summed E-state index contributed by atoms with van der Waals surface area (Å²) >= 11 is 13.3. The van der Waals surface area contributed by atoms with E-state index >= 15 is 0 Å². The molecule has 3 aromatic carbocycles. The highest BCUT2D eigenvalue weighted by atomic mass is 35.5. The molecule has 0 saturated heterocycles. The third-order valence-electron chi connectivity index (χ3n) is 4.30. The topological polar surface area (TPSA) is 49.4 Å². The molecule has 1 aliphatic heterocycles. The van der Waals surface area contributed by atoms with Gasteiger partial charge in [0, 0.05) is 9.92 Å². The van der Waals surface area contributed by atoms with Crippen molar-refractivity contribution in [2.75, 3.05) is 10.2 Å². The van der Waals surface area contributed by atoms with Crippen molar-refractivity contribution in [2.45, 2.75) is 4.90 Å². The minimum Gasteiger partial charge on any atom is -0.348 e. The minimum atomic E-state index is -0.618. The van der Waals surface area contributed by atoms with E-state index in [1.54, 1.807) is 54.6 Å². The average Bonchev–Trinajstić information content (AvgIpc) is 2.96. The number of para-hydroxylation sites is 2. The average molecular weight is 459 g/mol. The van der Waals surface area contributed by atoms with Crippen LogP contribution in [0.15, 0.2) is 88.3 Å². The van der Waals surface area contributed by atoms with Crippen molar-refractivity contribution >= 4 is 58.2 Å². The molecule has 0 saturated carbocycles. The van der Waals surface area contributed by atoms with E-state index in [4.69, 9.17) is 23.2 Å². The zero-order valence-electron chi connectivity index (χ0n) is 15.2. The van der Waals surface area contributed by atoms with E-state index in [9.17, 15) is 14.0 Å². The van der Waals surface area contributed by atoms with Crippen LogP contribution in [0.1, 0.15) is 0 Å². The molecule has 0 radical (unpaired) electrons. The lowest BCUT2D eigenvalue weighted by Crippen LogP contribution is -2.32. The highest BCUT2D eigenvalue weighted by Gasteiger charge is 2.41. The predicted octanol–water partition coefficient (Wildman–Crippen LogP) is 6.12. The molecular weight excluding hydrogens is 446 g/mol. The highest BCUT2D eigenvalue weighted by Crippen LogP contribution is 2.40. The van der Waals surface area contributed by atoms with Crippen LogP contribution in [0.3, 0.4) is 0 Å². The standard InChI is InChI=1S/C22H13Cl2FN2O2S/c23-13-9-11-14(12-10-13)30-20-19(26-17-7-3-2-6-16(17)25)21(28)27(22(20)29)18-8-4-1-5-15(18)24/h1-12,26H. The molecule has 4 rings (SSSR count). The summed E-state index contributed by atoms with van der Waals surface area (Å²) in [6.07, 6.45) is 0. The third kappa shape index (κ3) is 3.94. The molecule has 4 nitrogen and oxygen atoms in total. The number of anilines is 2. The molecule has 0 spiro atoms. The first-order chi connectivity index (χ1) is 14.5. The quantitative estimate of drug-likeness (QED) is 0.467. The summed E-state index contributed by atoms with van der Waals surface area (Å²) < 4.78 is 14.2. The summed E-state index contributed by atoms with van der Waals surface area (Å²) in [5.41, 5.74) is 0.322. The number of carbonyl (C=O) groups is 2. The van der Waals surface area contributed by atoms with Crippen LogP contribution in [0.5, 0.6) is 0 Å². The Morgan fingerprint density at radius 2 is 1.50 bits per heavy atom. The number of carbonyl (C=O) groups excluding carboxylic acids is 2. The number of thioether (sulfide) groups is 1. The van der Waals surface area contributed by atoms with Crippen molar-refractivity contribution in [3.63, 3.8) is 0 Å². The van der Waals surface area contributed by atoms with Gasteiger partial charge in [-0.15, -0.1) is 0 Å². The van der Waals surface area contributed by atoms with Crippen LogP contribution in [0, 0.1) is 5.82 Å².